The second-order valence-corrected chi connectivity index (χ2v) is 6.67. The van der Waals surface area contributed by atoms with Gasteiger partial charge in [0.05, 0.1) is 0 Å². The monoisotopic (exact) mass is 299 g/mol. The largest absolute Gasteiger partial charge is 0.327 e. The van der Waals surface area contributed by atoms with Crippen molar-refractivity contribution in [3.05, 3.63) is 0 Å². The van der Waals surface area contributed by atoms with Crippen LogP contribution >= 0.6 is 11.8 Å². The number of urea groups is 1. The van der Waals surface area contributed by atoms with Gasteiger partial charge in [-0.1, -0.05) is 0 Å². The third kappa shape index (κ3) is 2.33. The summed E-state index contributed by atoms with van der Waals surface area (Å²) in [6, 6.07) is 0.394. The highest BCUT2D eigenvalue weighted by Gasteiger charge is 2.56. The van der Waals surface area contributed by atoms with Crippen LogP contribution in [0, 0.1) is 0 Å². The molecule has 114 valence electrons. The number of likely N-dealkylation sites (N-methyl/N-ethyl adjacent to an activating group) is 2. The van der Waals surface area contributed by atoms with E-state index in [9.17, 15) is 9.59 Å². The number of nitrogens with zero attached hydrogens (tertiary/aromatic N) is 3. The van der Waals surface area contributed by atoms with Crippen molar-refractivity contribution in [3.8, 4) is 0 Å². The van der Waals surface area contributed by atoms with Gasteiger partial charge in [-0.15, -0.1) is 0 Å². The van der Waals surface area contributed by atoms with Gasteiger partial charge >= 0.3 is 6.03 Å². The number of hydrogen-bond donors (Lipinski definition) is 0. The van der Waals surface area contributed by atoms with Crippen LogP contribution < -0.4 is 0 Å². The number of amides is 3. The predicted molar refractivity (Wildman–Crippen MR) is 81.9 cm³/mol. The third-order valence-electron chi connectivity index (χ3n) is 4.71. The molecule has 0 bridgehead atoms. The Morgan fingerprint density at radius 2 is 1.90 bits per heavy atom. The molecule has 0 N–H and O–H groups in total. The van der Waals surface area contributed by atoms with E-state index in [1.54, 1.807) is 11.9 Å². The molecule has 1 unspecified atom stereocenters. The zero-order chi connectivity index (χ0) is 14.9. The summed E-state index contributed by atoms with van der Waals surface area (Å²) >= 11 is 1.85. The summed E-state index contributed by atoms with van der Waals surface area (Å²) in [7, 11) is 1.60. The summed E-state index contributed by atoms with van der Waals surface area (Å²) in [4.78, 5) is 30.2. The van der Waals surface area contributed by atoms with Gasteiger partial charge in [-0.25, -0.2) is 4.79 Å². The number of likely N-dealkylation sites (tertiary alicyclic amines) is 1. The van der Waals surface area contributed by atoms with Gasteiger partial charge in [-0.2, -0.15) is 11.8 Å². The fourth-order valence-electron chi connectivity index (χ4n) is 3.48. The van der Waals surface area contributed by atoms with E-state index in [-0.39, 0.29) is 11.9 Å². The molecule has 5 nitrogen and oxygen atoms in total. The minimum atomic E-state index is -0.573. The molecule has 3 amide bonds. The van der Waals surface area contributed by atoms with E-state index in [4.69, 9.17) is 0 Å². The summed E-state index contributed by atoms with van der Waals surface area (Å²) in [5.74, 6) is 1.10. The maximum atomic E-state index is 12.5. The highest BCUT2D eigenvalue weighted by Crippen LogP contribution is 2.36. The Morgan fingerprint density at radius 1 is 1.30 bits per heavy atom. The Kier molecular flexibility index (Phi) is 4.64. The van der Waals surface area contributed by atoms with Crippen LogP contribution in [0.3, 0.4) is 0 Å². The summed E-state index contributed by atoms with van der Waals surface area (Å²) < 4.78 is 0. The van der Waals surface area contributed by atoms with Crippen molar-refractivity contribution in [1.82, 2.24) is 14.7 Å². The number of hydrogen-bond acceptors (Lipinski definition) is 4. The molecular weight excluding hydrogens is 274 g/mol. The molecule has 0 aromatic carbocycles. The van der Waals surface area contributed by atoms with Gasteiger partial charge < -0.3 is 4.90 Å². The molecule has 2 fully saturated rings. The van der Waals surface area contributed by atoms with Gasteiger partial charge in [-0.3, -0.25) is 14.6 Å². The average Bonchev–Trinajstić information content (AvgIpc) is 2.62. The minimum absolute atomic E-state index is 0.0125. The van der Waals surface area contributed by atoms with Crippen LogP contribution in [-0.4, -0.2) is 76.9 Å². The topological polar surface area (TPSA) is 43.9 Å². The summed E-state index contributed by atoms with van der Waals surface area (Å²) in [5, 5.41) is 0. The Hall–Kier alpha value is -0.750. The predicted octanol–water partition coefficient (Wildman–Crippen LogP) is 1.49. The molecule has 6 heteroatoms. The molecule has 0 aromatic rings. The molecule has 0 saturated carbocycles. The van der Waals surface area contributed by atoms with E-state index in [2.05, 4.69) is 18.1 Å². The fourth-order valence-corrected chi connectivity index (χ4v) is 4.17. The number of piperidine rings is 1. The van der Waals surface area contributed by atoms with Gasteiger partial charge in [0.25, 0.3) is 5.91 Å². The van der Waals surface area contributed by atoms with E-state index in [1.807, 2.05) is 18.7 Å². The number of thioether (sulfide) groups is 1. The van der Waals surface area contributed by atoms with Gasteiger partial charge in [0.15, 0.2) is 0 Å². The molecule has 0 aliphatic carbocycles. The molecular formula is C14H25N3O2S. The van der Waals surface area contributed by atoms with Crippen LogP contribution in [0.25, 0.3) is 0 Å². The van der Waals surface area contributed by atoms with Gasteiger partial charge in [0, 0.05) is 38.5 Å². The summed E-state index contributed by atoms with van der Waals surface area (Å²) in [5.41, 5.74) is -0.573. The van der Waals surface area contributed by atoms with Gasteiger partial charge in [0.2, 0.25) is 0 Å². The SMILES string of the molecule is CCN1C(=O)N(C)C(=O)C12CCN(C(C)CSC)CC2. The Morgan fingerprint density at radius 3 is 2.40 bits per heavy atom. The number of carbonyl (C=O) groups is 2. The van der Waals surface area contributed by atoms with Gasteiger partial charge in [0.1, 0.15) is 5.54 Å². The van der Waals surface area contributed by atoms with Crippen molar-refractivity contribution in [2.24, 2.45) is 0 Å². The Balaban J connectivity index is 2.11. The van der Waals surface area contributed by atoms with Crippen LogP contribution in [0.15, 0.2) is 0 Å². The molecule has 0 radical (unpaired) electrons. The molecule has 2 heterocycles. The summed E-state index contributed by atoms with van der Waals surface area (Å²) in [6.45, 7) is 6.58. The Bertz CT molecular complexity index is 394. The van der Waals surface area contributed by atoms with Crippen molar-refractivity contribution in [1.29, 1.82) is 0 Å². The van der Waals surface area contributed by atoms with E-state index in [0.29, 0.717) is 12.6 Å². The molecule has 2 saturated heterocycles. The van der Waals surface area contributed by atoms with Crippen LogP contribution in [0.4, 0.5) is 4.79 Å². The van der Waals surface area contributed by atoms with Crippen LogP contribution in [0.1, 0.15) is 26.7 Å². The van der Waals surface area contributed by atoms with Crippen LogP contribution in [-0.2, 0) is 4.79 Å². The number of carbonyl (C=O) groups excluding carboxylic acids is 2. The first kappa shape index (κ1) is 15.6. The van der Waals surface area contributed by atoms with Crippen molar-refractivity contribution >= 4 is 23.7 Å². The second kappa shape index (κ2) is 5.93. The molecule has 0 aromatic heterocycles. The highest BCUT2D eigenvalue weighted by atomic mass is 32.2. The summed E-state index contributed by atoms with van der Waals surface area (Å²) in [6.07, 6.45) is 3.64. The van der Waals surface area contributed by atoms with Crippen molar-refractivity contribution < 1.29 is 9.59 Å². The molecule has 2 rings (SSSR count). The first-order chi connectivity index (χ1) is 9.47. The van der Waals surface area contributed by atoms with E-state index in [0.717, 1.165) is 31.7 Å². The molecule has 1 spiro atoms. The second-order valence-electron chi connectivity index (χ2n) is 5.76. The van der Waals surface area contributed by atoms with Crippen molar-refractivity contribution in [3.63, 3.8) is 0 Å². The normalized spacial score (nSPS) is 24.8. The molecule has 2 aliphatic heterocycles. The maximum absolute atomic E-state index is 12.5. The fraction of sp³-hybridized carbons (Fsp3) is 0.857. The first-order valence-electron chi connectivity index (χ1n) is 7.30. The smallest absolute Gasteiger partial charge is 0.310 e. The molecule has 20 heavy (non-hydrogen) atoms. The Labute approximate surface area is 125 Å². The number of imide groups is 1. The average molecular weight is 299 g/mol. The van der Waals surface area contributed by atoms with E-state index < -0.39 is 5.54 Å². The highest BCUT2D eigenvalue weighted by molar-refractivity contribution is 7.98. The van der Waals surface area contributed by atoms with E-state index >= 15 is 0 Å². The first-order valence-corrected chi connectivity index (χ1v) is 8.70. The van der Waals surface area contributed by atoms with Crippen molar-refractivity contribution in [2.45, 2.75) is 38.3 Å². The lowest BCUT2D eigenvalue weighted by atomic mass is 9.85. The van der Waals surface area contributed by atoms with E-state index in [1.165, 1.54) is 4.90 Å². The lowest BCUT2D eigenvalue weighted by Crippen LogP contribution is -2.57. The maximum Gasteiger partial charge on any atom is 0.327 e. The van der Waals surface area contributed by atoms with Crippen LogP contribution in [0.5, 0.6) is 0 Å². The quantitative estimate of drug-likeness (QED) is 0.738. The standard InChI is InChI=1S/C14H25N3O2S/c1-5-17-13(19)15(3)12(18)14(17)6-8-16(9-7-14)11(2)10-20-4/h11H,5-10H2,1-4H3. The zero-order valence-electron chi connectivity index (χ0n) is 12.9. The van der Waals surface area contributed by atoms with Gasteiger partial charge in [-0.05, 0) is 32.9 Å². The third-order valence-corrected chi connectivity index (χ3v) is 5.53. The number of rotatable bonds is 4. The van der Waals surface area contributed by atoms with Crippen molar-refractivity contribution in [2.75, 3.05) is 38.7 Å². The zero-order valence-corrected chi connectivity index (χ0v) is 13.7. The molecule has 2 aliphatic rings. The minimum Gasteiger partial charge on any atom is -0.310 e. The van der Waals surface area contributed by atoms with Crippen LogP contribution in [0.2, 0.25) is 0 Å². The lowest BCUT2D eigenvalue weighted by molar-refractivity contribution is -0.135. The molecule has 1 atom stereocenters. The lowest BCUT2D eigenvalue weighted by Gasteiger charge is -2.43.